The number of aromatic nitrogens is 2. The molecule has 141 valence electrons. The van der Waals surface area contributed by atoms with E-state index in [2.05, 4.69) is 5.10 Å². The van der Waals surface area contributed by atoms with Gasteiger partial charge in [0.2, 0.25) is 0 Å². The van der Waals surface area contributed by atoms with Crippen LogP contribution in [0.2, 0.25) is 0 Å². The van der Waals surface area contributed by atoms with E-state index in [1.54, 1.807) is 32.3 Å². The van der Waals surface area contributed by atoms with Crippen LogP contribution in [0.3, 0.4) is 0 Å². The second-order valence-electron chi connectivity index (χ2n) is 5.20. The quantitative estimate of drug-likeness (QED) is 0.703. The van der Waals surface area contributed by atoms with Gasteiger partial charge in [0.05, 0.1) is 5.56 Å². The van der Waals surface area contributed by atoms with Crippen LogP contribution in [-0.4, -0.2) is 29.8 Å². The molecule has 0 fully saturated rings. The Balaban J connectivity index is 0.00000151. The number of rotatable bonds is 2. The minimum atomic E-state index is -3.85. The average molecular weight is 453 g/mol. The Morgan fingerprint density at radius 1 is 1.15 bits per heavy atom. The SMILES string of the molecule is CC.CCN1c2nn(C)cc2C(O)=C(c2ccccc2C)S1(=O)=O.[CH3-].[Y]. The molecule has 1 radical (unpaired) electrons. The molecular weight excluding hydrogens is 427 g/mol. The zero-order chi connectivity index (χ0) is 18.1. The molecule has 3 rings (SSSR count). The van der Waals surface area contributed by atoms with Crippen LogP contribution in [0.1, 0.15) is 37.5 Å². The fourth-order valence-electron chi connectivity index (χ4n) is 2.71. The van der Waals surface area contributed by atoms with Crippen molar-refractivity contribution in [1.82, 2.24) is 9.78 Å². The van der Waals surface area contributed by atoms with Gasteiger partial charge in [-0.1, -0.05) is 38.1 Å². The Morgan fingerprint density at radius 2 is 1.73 bits per heavy atom. The van der Waals surface area contributed by atoms with E-state index in [1.807, 2.05) is 32.9 Å². The molecule has 1 aliphatic rings. The van der Waals surface area contributed by atoms with Gasteiger partial charge in [-0.05, 0) is 19.4 Å². The molecule has 0 unspecified atom stereocenters. The summed E-state index contributed by atoms with van der Waals surface area (Å²) in [5, 5.41) is 14.8. The Morgan fingerprint density at radius 3 is 2.27 bits per heavy atom. The van der Waals surface area contributed by atoms with Crippen LogP contribution in [0.4, 0.5) is 5.82 Å². The van der Waals surface area contributed by atoms with Crippen molar-refractivity contribution in [3.05, 3.63) is 54.6 Å². The van der Waals surface area contributed by atoms with E-state index in [1.165, 1.54) is 8.99 Å². The molecule has 0 atom stereocenters. The number of aryl methyl sites for hydroxylation is 2. The summed E-state index contributed by atoms with van der Waals surface area (Å²) in [7, 11) is -2.16. The molecule has 0 aliphatic carbocycles. The van der Waals surface area contributed by atoms with Crippen LogP contribution in [0.5, 0.6) is 0 Å². The predicted octanol–water partition coefficient (Wildman–Crippen LogP) is 3.76. The van der Waals surface area contributed by atoms with Gasteiger partial charge in [-0.15, -0.1) is 0 Å². The monoisotopic (exact) mass is 453 g/mol. The van der Waals surface area contributed by atoms with Gasteiger partial charge in [-0.25, -0.2) is 12.7 Å². The fourth-order valence-corrected chi connectivity index (χ4v) is 4.49. The number of aliphatic hydroxyl groups excluding tert-OH is 1. The van der Waals surface area contributed by atoms with E-state index >= 15 is 0 Å². The number of sulfonamides is 1. The molecule has 0 saturated heterocycles. The maximum Gasteiger partial charge on any atom is 0.269 e. The van der Waals surface area contributed by atoms with E-state index in [9.17, 15) is 13.5 Å². The van der Waals surface area contributed by atoms with Crippen molar-refractivity contribution in [2.24, 2.45) is 7.05 Å². The summed E-state index contributed by atoms with van der Waals surface area (Å²) in [5.74, 6) is 0.0157. The molecule has 0 bridgehead atoms. The first-order chi connectivity index (χ1) is 11.4. The Bertz CT molecular complexity index is 889. The zero-order valence-electron chi connectivity index (χ0n) is 16.2. The predicted molar refractivity (Wildman–Crippen MR) is 104 cm³/mol. The molecule has 1 aromatic heterocycles. The number of fused-ring (bicyclic) bond motifs is 1. The number of anilines is 1. The first kappa shape index (κ1) is 24.8. The number of nitrogens with zero attached hydrogens (tertiary/aromatic N) is 3. The Hall–Kier alpha value is -1.18. The molecule has 2 aromatic rings. The Kier molecular flexibility index (Phi) is 9.23. The van der Waals surface area contributed by atoms with E-state index in [0.717, 1.165) is 5.56 Å². The van der Waals surface area contributed by atoms with Crippen molar-refractivity contribution in [3.8, 4) is 0 Å². The first-order valence-corrected chi connectivity index (χ1v) is 9.38. The maximum absolute atomic E-state index is 12.9. The number of hydrogen-bond acceptors (Lipinski definition) is 4. The maximum atomic E-state index is 12.9. The molecule has 1 N–H and O–H groups in total. The average Bonchev–Trinajstić information content (AvgIpc) is 2.92. The molecule has 0 amide bonds. The molecule has 1 aliphatic heterocycles. The second-order valence-corrected chi connectivity index (χ2v) is 7.00. The van der Waals surface area contributed by atoms with Crippen molar-refractivity contribution in [1.29, 1.82) is 0 Å². The molecular formula is C18H26N3O3SY-. The first-order valence-electron chi connectivity index (χ1n) is 7.94. The minimum Gasteiger partial charge on any atom is -0.506 e. The molecule has 8 heteroatoms. The Labute approximate surface area is 181 Å². The van der Waals surface area contributed by atoms with Gasteiger partial charge in [0, 0.05) is 58.1 Å². The molecule has 0 saturated carbocycles. The van der Waals surface area contributed by atoms with Crippen LogP contribution in [0.25, 0.3) is 10.7 Å². The van der Waals surface area contributed by atoms with Crippen molar-refractivity contribution < 1.29 is 46.2 Å². The fraction of sp³-hybridized carbons (Fsp3) is 0.333. The van der Waals surface area contributed by atoms with Crippen molar-refractivity contribution in [2.45, 2.75) is 27.7 Å². The summed E-state index contributed by atoms with van der Waals surface area (Å²) in [6.45, 7) is 7.81. The smallest absolute Gasteiger partial charge is 0.269 e. The van der Waals surface area contributed by atoms with E-state index < -0.39 is 10.0 Å². The standard InChI is InChI=1S/C15H17N3O3S.C2H6.CH3.Y/c1-4-18-15-12(9-17(3)16-15)13(19)14(22(18,20)21)11-8-6-5-7-10(11)2;1-2;;/h5-9,19H,4H2,1-3H3;1-2H3;1H3;/q;;-1;. The molecule has 0 spiro atoms. The molecule has 2 heterocycles. The molecule has 6 nitrogen and oxygen atoms in total. The van der Waals surface area contributed by atoms with E-state index in [0.29, 0.717) is 11.1 Å². The van der Waals surface area contributed by atoms with Gasteiger partial charge in [0.15, 0.2) is 5.82 Å². The summed E-state index contributed by atoms with van der Waals surface area (Å²) >= 11 is 0. The molecule has 26 heavy (non-hydrogen) atoms. The van der Waals surface area contributed by atoms with Crippen molar-refractivity contribution >= 4 is 26.5 Å². The van der Waals surface area contributed by atoms with Crippen molar-refractivity contribution in [3.63, 3.8) is 0 Å². The van der Waals surface area contributed by atoms with Gasteiger partial charge in [-0.2, -0.15) is 5.10 Å². The summed E-state index contributed by atoms with van der Waals surface area (Å²) in [6.07, 6.45) is 1.63. The summed E-state index contributed by atoms with van der Waals surface area (Å²) < 4.78 is 28.6. The van der Waals surface area contributed by atoms with E-state index in [-0.39, 0.29) is 63.2 Å². The zero-order valence-corrected chi connectivity index (χ0v) is 19.8. The third kappa shape index (κ3) is 4.05. The number of benzene rings is 1. The van der Waals surface area contributed by atoms with Gasteiger partial charge >= 0.3 is 0 Å². The van der Waals surface area contributed by atoms with Crippen LogP contribution in [0, 0.1) is 14.4 Å². The second kappa shape index (κ2) is 9.67. The largest absolute Gasteiger partial charge is 0.506 e. The van der Waals surface area contributed by atoms with Gasteiger partial charge in [-0.3, -0.25) is 4.68 Å². The van der Waals surface area contributed by atoms with Crippen LogP contribution in [-0.2, 0) is 49.8 Å². The van der Waals surface area contributed by atoms with Crippen LogP contribution < -0.4 is 4.31 Å². The van der Waals surface area contributed by atoms with Crippen LogP contribution >= 0.6 is 0 Å². The van der Waals surface area contributed by atoms with Gasteiger partial charge in [0.25, 0.3) is 10.0 Å². The van der Waals surface area contributed by atoms with Crippen molar-refractivity contribution in [2.75, 3.05) is 10.8 Å². The van der Waals surface area contributed by atoms with Gasteiger partial charge < -0.3 is 12.5 Å². The normalized spacial score (nSPS) is 14.4. The molecule has 1 aromatic carbocycles. The van der Waals surface area contributed by atoms with E-state index in [4.69, 9.17) is 0 Å². The van der Waals surface area contributed by atoms with Gasteiger partial charge in [0.1, 0.15) is 10.7 Å². The number of hydrogen-bond donors (Lipinski definition) is 1. The summed E-state index contributed by atoms with van der Waals surface area (Å²) in [6, 6.07) is 7.11. The summed E-state index contributed by atoms with van der Waals surface area (Å²) in [5.41, 5.74) is 1.72. The number of aliphatic hydroxyl groups is 1. The topological polar surface area (TPSA) is 75.4 Å². The minimum absolute atomic E-state index is 0. The summed E-state index contributed by atoms with van der Waals surface area (Å²) in [4.78, 5) is -0.0621. The third-order valence-electron chi connectivity index (χ3n) is 3.74. The third-order valence-corrected chi connectivity index (χ3v) is 5.68. The van der Waals surface area contributed by atoms with Crippen LogP contribution in [0.15, 0.2) is 30.5 Å².